The summed E-state index contributed by atoms with van der Waals surface area (Å²) in [6.07, 6.45) is 3.52. The van der Waals surface area contributed by atoms with Gasteiger partial charge >= 0.3 is 0 Å². The number of benzene rings is 3. The minimum absolute atomic E-state index is 0.118. The van der Waals surface area contributed by atoms with E-state index in [1.165, 1.54) is 16.9 Å². The third-order valence-corrected chi connectivity index (χ3v) is 8.56. The average Bonchev–Trinajstić information content (AvgIpc) is 3.32. The lowest BCUT2D eigenvalue weighted by Gasteiger charge is -2.31. The lowest BCUT2D eigenvalue weighted by molar-refractivity contribution is 0.324. The van der Waals surface area contributed by atoms with Gasteiger partial charge in [-0.1, -0.05) is 41.7 Å². The molecule has 0 radical (unpaired) electrons. The Morgan fingerprint density at radius 1 is 0.829 bits per heavy atom. The highest BCUT2D eigenvalue weighted by atomic mass is 32.1. The molecule has 3 aromatic carbocycles. The standard InChI is InChI=1S/C32H30N2O6S/c1-36-23-13-11-20(17-24(23)37-2)29-22-12-10-19-8-6-7-9-21(19)28(22)33-32-34(29)31(35)27(41-32)16-18-14-25(38-3)30(40-5)26(15-18)39-4/h6-9,11,13-17,29H,10,12H2,1-5H3/b27-16+/t29-/m1/s1. The Kier molecular flexibility index (Phi) is 7.05. The summed E-state index contributed by atoms with van der Waals surface area (Å²) in [4.78, 5) is 19.9. The van der Waals surface area contributed by atoms with E-state index in [9.17, 15) is 4.79 Å². The average molecular weight is 571 g/mol. The van der Waals surface area contributed by atoms with Crippen LogP contribution in [0.1, 0.15) is 34.7 Å². The number of thiazole rings is 1. The van der Waals surface area contributed by atoms with Crippen LogP contribution in [0.2, 0.25) is 0 Å². The molecule has 1 aromatic heterocycles. The van der Waals surface area contributed by atoms with E-state index >= 15 is 0 Å². The molecular weight excluding hydrogens is 540 g/mol. The molecule has 2 aliphatic rings. The third-order valence-electron chi connectivity index (χ3n) is 7.58. The number of rotatable bonds is 7. The van der Waals surface area contributed by atoms with Crippen molar-refractivity contribution in [3.05, 3.63) is 102 Å². The lowest BCUT2D eigenvalue weighted by atomic mass is 9.83. The largest absolute Gasteiger partial charge is 0.493 e. The van der Waals surface area contributed by atoms with Crippen molar-refractivity contribution < 1.29 is 23.7 Å². The van der Waals surface area contributed by atoms with Gasteiger partial charge in [-0.15, -0.1) is 0 Å². The van der Waals surface area contributed by atoms with Gasteiger partial charge in [-0.05, 0) is 65.4 Å². The number of aromatic nitrogens is 1. The smallest absolute Gasteiger partial charge is 0.271 e. The summed E-state index contributed by atoms with van der Waals surface area (Å²) in [7, 11) is 7.93. The van der Waals surface area contributed by atoms with Crippen molar-refractivity contribution in [1.82, 2.24) is 4.57 Å². The van der Waals surface area contributed by atoms with Gasteiger partial charge in [-0.2, -0.15) is 0 Å². The lowest BCUT2D eigenvalue weighted by Crippen LogP contribution is -2.38. The summed E-state index contributed by atoms with van der Waals surface area (Å²) in [6, 6.07) is 17.5. The highest BCUT2D eigenvalue weighted by Gasteiger charge is 2.33. The van der Waals surface area contributed by atoms with Gasteiger partial charge in [-0.3, -0.25) is 9.36 Å². The van der Waals surface area contributed by atoms with E-state index in [0.29, 0.717) is 38.1 Å². The molecule has 1 aliphatic heterocycles. The second kappa shape index (κ2) is 10.8. The molecule has 6 rings (SSSR count). The number of aryl methyl sites for hydroxylation is 1. The number of fused-ring (bicyclic) bond motifs is 3. The summed E-state index contributed by atoms with van der Waals surface area (Å²) in [5, 5.41) is 0. The van der Waals surface area contributed by atoms with Crippen LogP contribution in [0.4, 0.5) is 0 Å². The van der Waals surface area contributed by atoms with Crippen LogP contribution in [0.5, 0.6) is 28.7 Å². The molecule has 0 saturated heterocycles. The molecule has 0 bridgehead atoms. The van der Waals surface area contributed by atoms with Crippen LogP contribution in [0.25, 0.3) is 11.8 Å². The molecule has 0 N–H and O–H groups in total. The molecule has 2 heterocycles. The van der Waals surface area contributed by atoms with Crippen molar-refractivity contribution in [2.75, 3.05) is 35.5 Å². The Labute approximate surface area is 241 Å². The molecular formula is C32H30N2O6S. The molecule has 0 spiro atoms. The van der Waals surface area contributed by atoms with E-state index in [1.807, 2.05) is 47.0 Å². The fourth-order valence-corrected chi connectivity index (χ4v) is 6.68. The quantitative estimate of drug-likeness (QED) is 0.329. The minimum atomic E-state index is -0.337. The fourth-order valence-electron chi connectivity index (χ4n) is 5.68. The molecule has 4 aromatic rings. The molecule has 41 heavy (non-hydrogen) atoms. The van der Waals surface area contributed by atoms with Crippen molar-refractivity contribution in [3.63, 3.8) is 0 Å². The molecule has 1 aliphatic carbocycles. The van der Waals surface area contributed by atoms with E-state index < -0.39 is 0 Å². The zero-order valence-corrected chi connectivity index (χ0v) is 24.3. The van der Waals surface area contributed by atoms with Crippen LogP contribution >= 0.6 is 11.3 Å². The van der Waals surface area contributed by atoms with Gasteiger partial charge in [-0.25, -0.2) is 4.99 Å². The van der Waals surface area contributed by atoms with Gasteiger partial charge in [0.1, 0.15) is 0 Å². The first-order valence-corrected chi connectivity index (χ1v) is 14.0. The second-order valence-electron chi connectivity index (χ2n) is 9.69. The van der Waals surface area contributed by atoms with Gasteiger partial charge in [0.15, 0.2) is 27.8 Å². The van der Waals surface area contributed by atoms with Crippen molar-refractivity contribution >= 4 is 23.1 Å². The maximum atomic E-state index is 14.1. The highest BCUT2D eigenvalue weighted by molar-refractivity contribution is 7.07. The number of ether oxygens (including phenoxy) is 5. The predicted octanol–water partition coefficient (Wildman–Crippen LogP) is 4.36. The van der Waals surface area contributed by atoms with Crippen molar-refractivity contribution in [2.24, 2.45) is 4.99 Å². The molecule has 1 atom stereocenters. The topological polar surface area (TPSA) is 80.5 Å². The van der Waals surface area contributed by atoms with Crippen LogP contribution in [0, 0.1) is 0 Å². The number of nitrogens with zero attached hydrogens (tertiary/aromatic N) is 2. The number of hydrogen-bond donors (Lipinski definition) is 0. The Morgan fingerprint density at radius 2 is 1.54 bits per heavy atom. The third kappa shape index (κ3) is 4.46. The Bertz CT molecular complexity index is 1840. The van der Waals surface area contributed by atoms with E-state index in [-0.39, 0.29) is 11.6 Å². The van der Waals surface area contributed by atoms with Gasteiger partial charge in [0, 0.05) is 5.56 Å². The van der Waals surface area contributed by atoms with Gasteiger partial charge in [0.25, 0.3) is 5.56 Å². The SMILES string of the molecule is COc1ccc([C@@H]2C3=C(N=c4s/c(=C/c5cc(OC)c(OC)c(OC)c5)c(=O)n42)c2ccccc2CC3)cc1OC. The van der Waals surface area contributed by atoms with Crippen LogP contribution in [0.15, 0.2) is 70.0 Å². The Morgan fingerprint density at radius 3 is 2.22 bits per heavy atom. The number of hydrogen-bond acceptors (Lipinski definition) is 8. The zero-order valence-electron chi connectivity index (χ0n) is 23.5. The summed E-state index contributed by atoms with van der Waals surface area (Å²) >= 11 is 1.37. The predicted molar refractivity (Wildman–Crippen MR) is 158 cm³/mol. The first-order valence-electron chi connectivity index (χ1n) is 13.2. The van der Waals surface area contributed by atoms with Crippen LogP contribution in [-0.4, -0.2) is 40.1 Å². The van der Waals surface area contributed by atoms with Crippen LogP contribution in [0.3, 0.4) is 0 Å². The number of methoxy groups -OCH3 is 5. The summed E-state index contributed by atoms with van der Waals surface area (Å²) in [6.45, 7) is 0. The zero-order chi connectivity index (χ0) is 28.7. The van der Waals surface area contributed by atoms with Crippen LogP contribution < -0.4 is 38.6 Å². The van der Waals surface area contributed by atoms with E-state index in [1.54, 1.807) is 35.5 Å². The summed E-state index contributed by atoms with van der Waals surface area (Å²) in [5.74, 6) is 2.77. The molecule has 0 fully saturated rings. The molecule has 8 nitrogen and oxygen atoms in total. The normalized spacial score (nSPS) is 15.8. The molecule has 0 unspecified atom stereocenters. The molecule has 0 saturated carbocycles. The first-order chi connectivity index (χ1) is 20.0. The van der Waals surface area contributed by atoms with Crippen molar-refractivity contribution in [1.29, 1.82) is 0 Å². The molecule has 0 amide bonds. The summed E-state index contributed by atoms with van der Waals surface area (Å²) < 4.78 is 30.0. The van der Waals surface area contributed by atoms with Gasteiger partial charge in [0.05, 0.1) is 51.8 Å². The van der Waals surface area contributed by atoms with Gasteiger partial charge < -0.3 is 23.7 Å². The van der Waals surface area contributed by atoms with Crippen molar-refractivity contribution in [2.45, 2.75) is 18.9 Å². The maximum Gasteiger partial charge on any atom is 0.271 e. The molecule has 210 valence electrons. The van der Waals surface area contributed by atoms with Gasteiger partial charge in [0.2, 0.25) is 5.75 Å². The monoisotopic (exact) mass is 570 g/mol. The van der Waals surface area contributed by atoms with E-state index in [2.05, 4.69) is 18.2 Å². The molecule has 9 heteroatoms. The summed E-state index contributed by atoms with van der Waals surface area (Å²) in [5.41, 5.74) is 5.99. The van der Waals surface area contributed by atoms with Crippen molar-refractivity contribution in [3.8, 4) is 28.7 Å². The minimum Gasteiger partial charge on any atom is -0.493 e. The van der Waals surface area contributed by atoms with E-state index in [4.69, 9.17) is 28.7 Å². The van der Waals surface area contributed by atoms with Crippen LogP contribution in [-0.2, 0) is 6.42 Å². The fraction of sp³-hybridized carbons (Fsp3) is 0.250. The Balaban J connectivity index is 1.60. The highest BCUT2D eigenvalue weighted by Crippen LogP contribution is 2.43. The first kappa shape index (κ1) is 26.7. The second-order valence-corrected chi connectivity index (χ2v) is 10.7. The Hall–Kier alpha value is -4.50. The number of allylic oxidation sites excluding steroid dienone is 1. The maximum absolute atomic E-state index is 14.1. The van der Waals surface area contributed by atoms with E-state index in [0.717, 1.165) is 40.8 Å².